The number of rotatable bonds is 4. The summed E-state index contributed by atoms with van der Waals surface area (Å²) in [6.07, 6.45) is 1.59. The molecule has 6 nitrogen and oxygen atoms in total. The van der Waals surface area contributed by atoms with Gasteiger partial charge in [0.25, 0.3) is 5.56 Å². The van der Waals surface area contributed by atoms with E-state index >= 15 is 0 Å². The van der Waals surface area contributed by atoms with E-state index in [2.05, 4.69) is 10.4 Å². The van der Waals surface area contributed by atoms with Gasteiger partial charge in [-0.15, -0.1) is 0 Å². The van der Waals surface area contributed by atoms with Crippen molar-refractivity contribution in [2.75, 3.05) is 11.9 Å². The second-order valence-electron chi connectivity index (χ2n) is 2.94. The average Bonchev–Trinajstić information content (AvgIpc) is 2.18. The van der Waals surface area contributed by atoms with Crippen LogP contribution in [0.5, 0.6) is 0 Å². The average molecular weight is 231 g/mol. The first-order valence-electron chi connectivity index (χ1n) is 4.26. The van der Waals surface area contributed by atoms with Crippen LogP contribution >= 0.6 is 11.6 Å². The molecule has 0 saturated heterocycles. The number of nitrogens with zero attached hydrogens (tertiary/aromatic N) is 2. The fraction of sp³-hybridized carbons (Fsp3) is 0.375. The fourth-order valence-electron chi connectivity index (χ4n) is 0.954. The van der Waals surface area contributed by atoms with Crippen molar-refractivity contribution in [3.8, 4) is 0 Å². The Kier molecular flexibility index (Phi) is 3.68. The van der Waals surface area contributed by atoms with Gasteiger partial charge in [0.15, 0.2) is 0 Å². The van der Waals surface area contributed by atoms with Crippen LogP contribution in [0.1, 0.15) is 6.42 Å². The van der Waals surface area contributed by atoms with E-state index in [9.17, 15) is 9.59 Å². The van der Waals surface area contributed by atoms with E-state index < -0.39 is 5.91 Å². The highest BCUT2D eigenvalue weighted by Crippen LogP contribution is 2.14. The predicted octanol–water partition coefficient (Wildman–Crippen LogP) is -0.279. The van der Waals surface area contributed by atoms with E-state index in [0.717, 1.165) is 4.68 Å². The normalized spacial score (nSPS) is 10.0. The van der Waals surface area contributed by atoms with Gasteiger partial charge in [-0.25, -0.2) is 4.68 Å². The van der Waals surface area contributed by atoms with Crippen molar-refractivity contribution in [3.63, 3.8) is 0 Å². The van der Waals surface area contributed by atoms with E-state index in [1.54, 1.807) is 0 Å². The minimum absolute atomic E-state index is 0.0528. The zero-order chi connectivity index (χ0) is 11.4. The van der Waals surface area contributed by atoms with Gasteiger partial charge in [0, 0.05) is 20.0 Å². The molecule has 0 bridgehead atoms. The molecular weight excluding hydrogens is 220 g/mol. The van der Waals surface area contributed by atoms with Crippen LogP contribution in [0, 0.1) is 0 Å². The van der Waals surface area contributed by atoms with Crippen LogP contribution in [0.3, 0.4) is 0 Å². The summed E-state index contributed by atoms with van der Waals surface area (Å²) in [5.41, 5.74) is 4.97. The molecule has 0 aliphatic heterocycles. The van der Waals surface area contributed by atoms with Crippen molar-refractivity contribution < 1.29 is 4.79 Å². The lowest BCUT2D eigenvalue weighted by Crippen LogP contribution is -2.22. The number of carbonyl (C=O) groups is 1. The molecule has 7 heteroatoms. The Hall–Kier alpha value is -1.56. The van der Waals surface area contributed by atoms with Crippen molar-refractivity contribution in [1.82, 2.24) is 9.78 Å². The number of primary amides is 1. The maximum absolute atomic E-state index is 11.3. The Morgan fingerprint density at radius 2 is 2.40 bits per heavy atom. The number of aryl methyl sites for hydroxylation is 1. The van der Waals surface area contributed by atoms with Gasteiger partial charge in [-0.05, 0) is 0 Å². The van der Waals surface area contributed by atoms with E-state index in [0.29, 0.717) is 12.2 Å². The smallest absolute Gasteiger partial charge is 0.287 e. The lowest BCUT2D eigenvalue weighted by Gasteiger charge is -2.06. The first-order valence-corrected chi connectivity index (χ1v) is 4.64. The summed E-state index contributed by atoms with van der Waals surface area (Å²) in [5, 5.41) is 6.63. The number of carbonyl (C=O) groups excluding carboxylic acids is 1. The molecule has 0 unspecified atom stereocenters. The minimum atomic E-state index is -0.421. The molecule has 0 aromatic carbocycles. The topological polar surface area (TPSA) is 90.0 Å². The van der Waals surface area contributed by atoms with Crippen LogP contribution in [0.4, 0.5) is 5.69 Å². The van der Waals surface area contributed by atoms with Crippen LogP contribution < -0.4 is 16.6 Å². The Morgan fingerprint density at radius 3 is 3.00 bits per heavy atom. The van der Waals surface area contributed by atoms with Crippen LogP contribution in [-0.2, 0) is 11.8 Å². The lowest BCUT2D eigenvalue weighted by molar-refractivity contribution is -0.117. The molecule has 1 aromatic rings. The molecule has 0 spiro atoms. The maximum Gasteiger partial charge on any atom is 0.287 e. The zero-order valence-electron chi connectivity index (χ0n) is 8.16. The second-order valence-corrected chi connectivity index (χ2v) is 3.32. The van der Waals surface area contributed by atoms with Crippen molar-refractivity contribution in [2.24, 2.45) is 12.8 Å². The second kappa shape index (κ2) is 4.79. The summed E-state index contributed by atoms with van der Waals surface area (Å²) in [7, 11) is 1.50. The number of halogens is 1. The summed E-state index contributed by atoms with van der Waals surface area (Å²) in [6.45, 7) is 0.323. The van der Waals surface area contributed by atoms with E-state index in [-0.39, 0.29) is 17.0 Å². The predicted molar refractivity (Wildman–Crippen MR) is 56.8 cm³/mol. The molecule has 1 heterocycles. The SMILES string of the molecule is Cn1ncc(NCCC(N)=O)c(Cl)c1=O. The minimum Gasteiger partial charge on any atom is -0.382 e. The van der Waals surface area contributed by atoms with Crippen molar-refractivity contribution >= 4 is 23.2 Å². The molecule has 82 valence electrons. The first kappa shape index (κ1) is 11.5. The van der Waals surface area contributed by atoms with Crippen LogP contribution in [0.2, 0.25) is 5.02 Å². The number of aromatic nitrogens is 2. The van der Waals surface area contributed by atoms with Gasteiger partial charge < -0.3 is 11.1 Å². The number of hydrogen-bond acceptors (Lipinski definition) is 4. The zero-order valence-corrected chi connectivity index (χ0v) is 8.91. The van der Waals surface area contributed by atoms with Crippen molar-refractivity contribution in [2.45, 2.75) is 6.42 Å². The molecule has 0 aliphatic rings. The first-order chi connectivity index (χ1) is 7.02. The van der Waals surface area contributed by atoms with Gasteiger partial charge in [0.1, 0.15) is 5.02 Å². The third-order valence-corrected chi connectivity index (χ3v) is 2.13. The summed E-state index contributed by atoms with van der Waals surface area (Å²) in [4.78, 5) is 21.8. The summed E-state index contributed by atoms with van der Waals surface area (Å²) >= 11 is 5.76. The number of nitrogens with two attached hydrogens (primary N) is 1. The third kappa shape index (κ3) is 2.95. The molecular formula is C8H11ClN4O2. The number of nitrogens with one attached hydrogen (secondary N) is 1. The van der Waals surface area contributed by atoms with E-state index in [1.807, 2.05) is 0 Å². The highest BCUT2D eigenvalue weighted by atomic mass is 35.5. The fourth-order valence-corrected chi connectivity index (χ4v) is 1.19. The largest absolute Gasteiger partial charge is 0.382 e. The molecule has 0 aliphatic carbocycles. The quantitative estimate of drug-likeness (QED) is 0.745. The van der Waals surface area contributed by atoms with Crippen LogP contribution in [0.25, 0.3) is 0 Å². The van der Waals surface area contributed by atoms with Crippen molar-refractivity contribution in [1.29, 1.82) is 0 Å². The number of amides is 1. The van der Waals surface area contributed by atoms with Gasteiger partial charge in [0.2, 0.25) is 5.91 Å². The van der Waals surface area contributed by atoms with E-state index in [4.69, 9.17) is 17.3 Å². The molecule has 0 atom stereocenters. The standard InChI is InChI=1S/C8H11ClN4O2/c1-13-8(15)7(9)5(4-12-13)11-3-2-6(10)14/h4,11H,2-3H2,1H3,(H2,10,14). The number of anilines is 1. The van der Waals surface area contributed by atoms with Gasteiger partial charge in [-0.2, -0.15) is 5.10 Å². The Balaban J connectivity index is 2.75. The van der Waals surface area contributed by atoms with Gasteiger partial charge in [-0.1, -0.05) is 11.6 Å². The monoisotopic (exact) mass is 230 g/mol. The molecule has 3 N–H and O–H groups in total. The van der Waals surface area contributed by atoms with E-state index in [1.165, 1.54) is 13.2 Å². The Morgan fingerprint density at radius 1 is 1.73 bits per heavy atom. The molecule has 15 heavy (non-hydrogen) atoms. The molecule has 1 aromatic heterocycles. The molecule has 0 fully saturated rings. The molecule has 1 amide bonds. The Bertz CT molecular complexity index is 429. The van der Waals surface area contributed by atoms with Gasteiger partial charge in [0.05, 0.1) is 11.9 Å². The maximum atomic E-state index is 11.3. The molecule has 0 radical (unpaired) electrons. The molecule has 0 saturated carbocycles. The summed E-state index contributed by atoms with van der Waals surface area (Å²) in [5.74, 6) is -0.421. The summed E-state index contributed by atoms with van der Waals surface area (Å²) < 4.78 is 1.13. The van der Waals surface area contributed by atoms with Gasteiger partial charge >= 0.3 is 0 Å². The third-order valence-electron chi connectivity index (χ3n) is 1.77. The summed E-state index contributed by atoms with van der Waals surface area (Å²) in [6, 6.07) is 0. The highest BCUT2D eigenvalue weighted by Gasteiger charge is 2.06. The highest BCUT2D eigenvalue weighted by molar-refractivity contribution is 6.32. The van der Waals surface area contributed by atoms with Crippen LogP contribution in [-0.4, -0.2) is 22.2 Å². The van der Waals surface area contributed by atoms with Crippen LogP contribution in [0.15, 0.2) is 11.0 Å². The molecule has 1 rings (SSSR count). The number of hydrogen-bond donors (Lipinski definition) is 2. The lowest BCUT2D eigenvalue weighted by atomic mass is 10.4. The van der Waals surface area contributed by atoms with Gasteiger partial charge in [-0.3, -0.25) is 9.59 Å². The van der Waals surface area contributed by atoms with Crippen molar-refractivity contribution in [3.05, 3.63) is 21.6 Å². The Labute approximate surface area is 91.0 Å².